The normalized spacial score (nSPS) is 40.4. The number of hydrogen-bond acceptors (Lipinski definition) is 4. The average Bonchev–Trinajstić information content (AvgIpc) is 2.57. The summed E-state index contributed by atoms with van der Waals surface area (Å²) in [6.45, 7) is 4.07. The van der Waals surface area contributed by atoms with Crippen molar-refractivity contribution in [2.75, 3.05) is 39.8 Å². The fourth-order valence-electron chi connectivity index (χ4n) is 6.30. The maximum absolute atomic E-state index is 12.5. The first-order chi connectivity index (χ1) is 12.0. The predicted molar refractivity (Wildman–Crippen MR) is 95.7 cm³/mol. The van der Waals surface area contributed by atoms with Gasteiger partial charge in [-0.05, 0) is 62.8 Å². The number of carbonyl (C=O) groups excluding carboxylic acids is 2. The molecule has 0 aromatic carbocycles. The molecular formula is C19H32N4O2. The molecule has 140 valence electrons. The number of carbonyl (C=O) groups is 2. The Labute approximate surface area is 150 Å². The van der Waals surface area contributed by atoms with Crippen LogP contribution in [0.25, 0.3) is 0 Å². The van der Waals surface area contributed by atoms with Crippen molar-refractivity contribution in [2.24, 2.45) is 29.4 Å². The molecule has 0 spiro atoms. The average molecular weight is 348 g/mol. The number of nitrogens with one attached hydrogen (secondary N) is 1. The van der Waals surface area contributed by atoms with Gasteiger partial charge >= 0.3 is 0 Å². The first-order valence-electron chi connectivity index (χ1n) is 10.00. The van der Waals surface area contributed by atoms with Gasteiger partial charge < -0.3 is 20.9 Å². The second-order valence-corrected chi connectivity index (χ2v) is 8.90. The van der Waals surface area contributed by atoms with Gasteiger partial charge in [0.15, 0.2) is 0 Å². The Balaban J connectivity index is 1.37. The minimum atomic E-state index is -0.560. The van der Waals surface area contributed by atoms with E-state index >= 15 is 0 Å². The third kappa shape index (κ3) is 2.97. The lowest BCUT2D eigenvalue weighted by molar-refractivity contribution is -0.144. The summed E-state index contributed by atoms with van der Waals surface area (Å²) in [7, 11) is 2.09. The number of nitrogens with zero attached hydrogens (tertiary/aromatic N) is 2. The van der Waals surface area contributed by atoms with E-state index in [1.165, 1.54) is 6.42 Å². The Bertz CT molecular complexity index is 514. The van der Waals surface area contributed by atoms with Crippen LogP contribution in [0.1, 0.15) is 38.5 Å². The predicted octanol–water partition coefficient (Wildman–Crippen LogP) is 0.420. The van der Waals surface area contributed by atoms with E-state index in [0.717, 1.165) is 63.7 Å². The van der Waals surface area contributed by atoms with Gasteiger partial charge in [-0.15, -0.1) is 0 Å². The summed E-state index contributed by atoms with van der Waals surface area (Å²) < 4.78 is 0. The Kier molecular flexibility index (Phi) is 4.52. The van der Waals surface area contributed by atoms with Crippen LogP contribution in [0, 0.1) is 23.7 Å². The minimum absolute atomic E-state index is 0.187. The molecule has 5 aliphatic rings. The van der Waals surface area contributed by atoms with Gasteiger partial charge in [-0.2, -0.15) is 0 Å². The fraction of sp³-hybridized carbons (Fsp3) is 0.895. The van der Waals surface area contributed by atoms with Crippen LogP contribution in [-0.4, -0.2) is 66.9 Å². The van der Waals surface area contributed by atoms with Crippen molar-refractivity contribution >= 4 is 11.8 Å². The fourth-order valence-corrected chi connectivity index (χ4v) is 6.30. The maximum Gasteiger partial charge on any atom is 0.238 e. The third-order valence-corrected chi connectivity index (χ3v) is 7.45. The van der Waals surface area contributed by atoms with E-state index in [0.29, 0.717) is 24.8 Å². The summed E-state index contributed by atoms with van der Waals surface area (Å²) in [4.78, 5) is 29.2. The van der Waals surface area contributed by atoms with Gasteiger partial charge in [0.1, 0.15) is 5.54 Å². The number of nitrogens with two attached hydrogens (primary N) is 1. The second kappa shape index (κ2) is 6.54. The zero-order valence-electron chi connectivity index (χ0n) is 15.4. The molecule has 2 amide bonds. The molecule has 1 aliphatic heterocycles. The number of piperazine rings is 1. The van der Waals surface area contributed by atoms with Crippen LogP contribution in [0.3, 0.4) is 0 Å². The molecule has 4 bridgehead atoms. The molecule has 6 nitrogen and oxygen atoms in total. The number of amides is 2. The second-order valence-electron chi connectivity index (χ2n) is 8.90. The molecule has 0 unspecified atom stereocenters. The van der Waals surface area contributed by atoms with E-state index in [2.05, 4.69) is 17.3 Å². The standard InChI is InChI=1S/C19H32N4O2/c1-22-4-6-23(7-5-22)17(24)2-3-21-19(18(20)25)15-9-13-8-14(11-15)12-16(19)10-13/h13-16,21H,2-12H2,1H3,(H2,20,25). The van der Waals surface area contributed by atoms with Crippen LogP contribution in [0.5, 0.6) is 0 Å². The van der Waals surface area contributed by atoms with Crippen LogP contribution in [-0.2, 0) is 9.59 Å². The SMILES string of the molecule is CN1CCN(C(=O)CCNC2(C(N)=O)C3CC4CC(C3)CC2C4)CC1. The van der Waals surface area contributed by atoms with Crippen molar-refractivity contribution in [3.8, 4) is 0 Å². The van der Waals surface area contributed by atoms with Gasteiger partial charge in [0.05, 0.1) is 0 Å². The van der Waals surface area contributed by atoms with Gasteiger partial charge in [0.25, 0.3) is 0 Å². The highest BCUT2D eigenvalue weighted by atomic mass is 16.2. The third-order valence-electron chi connectivity index (χ3n) is 7.45. The van der Waals surface area contributed by atoms with Crippen molar-refractivity contribution in [3.63, 3.8) is 0 Å². The van der Waals surface area contributed by atoms with Crippen molar-refractivity contribution < 1.29 is 9.59 Å². The highest BCUT2D eigenvalue weighted by molar-refractivity contribution is 5.86. The lowest BCUT2D eigenvalue weighted by atomic mass is 9.48. The summed E-state index contributed by atoms with van der Waals surface area (Å²) in [6, 6.07) is 0. The van der Waals surface area contributed by atoms with E-state index in [9.17, 15) is 9.59 Å². The number of hydrogen-bond donors (Lipinski definition) is 2. The number of primary amides is 1. The van der Waals surface area contributed by atoms with Gasteiger partial charge in [-0.25, -0.2) is 0 Å². The minimum Gasteiger partial charge on any atom is -0.368 e. The summed E-state index contributed by atoms with van der Waals surface area (Å²) in [6.07, 6.45) is 6.35. The Morgan fingerprint density at radius 2 is 1.56 bits per heavy atom. The van der Waals surface area contributed by atoms with Crippen LogP contribution in [0.15, 0.2) is 0 Å². The first kappa shape index (κ1) is 17.3. The highest BCUT2D eigenvalue weighted by Crippen LogP contribution is 2.58. The van der Waals surface area contributed by atoms with Gasteiger partial charge in [0.2, 0.25) is 11.8 Å². The Morgan fingerprint density at radius 1 is 1.00 bits per heavy atom. The maximum atomic E-state index is 12.5. The number of likely N-dealkylation sites (N-methyl/N-ethyl adjacent to an activating group) is 1. The smallest absolute Gasteiger partial charge is 0.238 e. The van der Waals surface area contributed by atoms with E-state index in [-0.39, 0.29) is 11.8 Å². The summed E-state index contributed by atoms with van der Waals surface area (Å²) >= 11 is 0. The van der Waals surface area contributed by atoms with Crippen molar-refractivity contribution in [1.82, 2.24) is 15.1 Å². The molecule has 0 aromatic rings. The molecule has 25 heavy (non-hydrogen) atoms. The topological polar surface area (TPSA) is 78.7 Å². The molecule has 3 N–H and O–H groups in total. The number of rotatable bonds is 5. The van der Waals surface area contributed by atoms with Crippen molar-refractivity contribution in [3.05, 3.63) is 0 Å². The quantitative estimate of drug-likeness (QED) is 0.755. The lowest BCUT2D eigenvalue weighted by Crippen LogP contribution is -2.71. The molecule has 4 saturated carbocycles. The Hall–Kier alpha value is -1.14. The monoisotopic (exact) mass is 348 g/mol. The molecular weight excluding hydrogens is 316 g/mol. The molecule has 0 radical (unpaired) electrons. The first-order valence-corrected chi connectivity index (χ1v) is 10.00. The largest absolute Gasteiger partial charge is 0.368 e. The van der Waals surface area contributed by atoms with E-state index in [1.54, 1.807) is 0 Å². The van der Waals surface area contributed by atoms with Crippen molar-refractivity contribution in [2.45, 2.75) is 44.1 Å². The highest BCUT2D eigenvalue weighted by Gasteiger charge is 2.60. The molecule has 0 aromatic heterocycles. The van der Waals surface area contributed by atoms with Crippen LogP contribution < -0.4 is 11.1 Å². The van der Waals surface area contributed by atoms with Gasteiger partial charge in [-0.3, -0.25) is 9.59 Å². The van der Waals surface area contributed by atoms with Gasteiger partial charge in [0, 0.05) is 39.1 Å². The summed E-state index contributed by atoms with van der Waals surface area (Å²) in [5, 5.41) is 3.52. The van der Waals surface area contributed by atoms with Gasteiger partial charge in [-0.1, -0.05) is 0 Å². The lowest BCUT2D eigenvalue weighted by Gasteiger charge is -2.60. The van der Waals surface area contributed by atoms with E-state index in [4.69, 9.17) is 5.73 Å². The molecule has 0 atom stereocenters. The molecule has 5 rings (SSSR count). The Morgan fingerprint density at radius 3 is 2.08 bits per heavy atom. The van der Waals surface area contributed by atoms with Crippen LogP contribution >= 0.6 is 0 Å². The molecule has 1 saturated heterocycles. The summed E-state index contributed by atoms with van der Waals surface area (Å²) in [5.41, 5.74) is 5.37. The zero-order valence-corrected chi connectivity index (χ0v) is 15.4. The molecule has 6 heteroatoms. The molecule has 4 aliphatic carbocycles. The van der Waals surface area contributed by atoms with E-state index in [1.807, 2.05) is 4.90 Å². The van der Waals surface area contributed by atoms with Crippen LogP contribution in [0.4, 0.5) is 0 Å². The van der Waals surface area contributed by atoms with E-state index < -0.39 is 5.54 Å². The zero-order chi connectivity index (χ0) is 17.6. The summed E-state index contributed by atoms with van der Waals surface area (Å²) in [5.74, 6) is 2.35. The van der Waals surface area contributed by atoms with Crippen molar-refractivity contribution in [1.29, 1.82) is 0 Å². The molecule has 5 fully saturated rings. The van der Waals surface area contributed by atoms with Crippen LogP contribution in [0.2, 0.25) is 0 Å². The molecule has 1 heterocycles.